The van der Waals surface area contributed by atoms with Crippen molar-refractivity contribution in [2.45, 2.75) is 26.2 Å². The Kier molecular flexibility index (Phi) is 10.3. The van der Waals surface area contributed by atoms with Gasteiger partial charge >= 0.3 is 11.9 Å². The van der Waals surface area contributed by atoms with Crippen molar-refractivity contribution < 1.29 is 41.2 Å². The number of ether oxygens (including phenoxy) is 1. The zero-order valence-electron chi connectivity index (χ0n) is 7.00. The van der Waals surface area contributed by atoms with E-state index in [1.54, 1.807) is 0 Å². The molecule has 68 valence electrons. The Bertz CT molecular complexity index is 146. The molecule has 1 N–H and O–H groups in total. The molecule has 0 saturated heterocycles. The molecule has 0 aliphatic carbocycles. The summed E-state index contributed by atoms with van der Waals surface area (Å²) < 4.78 is 4.57. The first-order valence-electron chi connectivity index (χ1n) is 3.54. The predicted octanol–water partition coefficient (Wildman–Crippen LogP) is 0.802. The second-order valence-electron chi connectivity index (χ2n) is 2.14. The van der Waals surface area contributed by atoms with E-state index in [0.717, 1.165) is 12.8 Å². The van der Waals surface area contributed by atoms with Crippen LogP contribution in [0.3, 0.4) is 0 Å². The van der Waals surface area contributed by atoms with Gasteiger partial charge in [0.2, 0.25) is 0 Å². The van der Waals surface area contributed by atoms with E-state index in [4.69, 9.17) is 5.11 Å². The Balaban J connectivity index is 0. The number of esters is 1. The third-order valence-electron chi connectivity index (χ3n) is 1.06. The SMILES string of the molecule is CCCCOC(=O)CC(=O)O.[Ti]. The quantitative estimate of drug-likeness (QED) is 0.314. The summed E-state index contributed by atoms with van der Waals surface area (Å²) in [6.07, 6.45) is 1.18. The third-order valence-corrected chi connectivity index (χ3v) is 1.06. The van der Waals surface area contributed by atoms with E-state index in [-0.39, 0.29) is 21.7 Å². The van der Waals surface area contributed by atoms with Gasteiger partial charge < -0.3 is 9.84 Å². The molecule has 5 heteroatoms. The van der Waals surface area contributed by atoms with Gasteiger partial charge in [-0.25, -0.2) is 0 Å². The van der Waals surface area contributed by atoms with Crippen molar-refractivity contribution in [3.8, 4) is 0 Å². The van der Waals surface area contributed by atoms with Gasteiger partial charge in [0.15, 0.2) is 0 Å². The zero-order chi connectivity index (χ0) is 8.69. The molecule has 0 rings (SSSR count). The summed E-state index contributed by atoms with van der Waals surface area (Å²) in [7, 11) is 0. The summed E-state index contributed by atoms with van der Waals surface area (Å²) in [6.45, 7) is 2.29. The average molecular weight is 208 g/mol. The van der Waals surface area contributed by atoms with Gasteiger partial charge in [-0.15, -0.1) is 0 Å². The first-order chi connectivity index (χ1) is 5.16. The molecule has 0 atom stereocenters. The Morgan fingerprint density at radius 1 is 1.42 bits per heavy atom. The minimum Gasteiger partial charge on any atom is -0.481 e. The molecule has 0 unspecified atom stereocenters. The largest absolute Gasteiger partial charge is 0.481 e. The van der Waals surface area contributed by atoms with Crippen LogP contribution in [0.25, 0.3) is 0 Å². The molecule has 0 spiro atoms. The third kappa shape index (κ3) is 9.65. The van der Waals surface area contributed by atoms with E-state index < -0.39 is 18.4 Å². The van der Waals surface area contributed by atoms with Crippen LogP contribution in [0.2, 0.25) is 0 Å². The summed E-state index contributed by atoms with van der Waals surface area (Å²) in [5, 5.41) is 8.14. The number of carboxylic acid groups (broad SMARTS) is 1. The topological polar surface area (TPSA) is 63.6 Å². The number of aliphatic carboxylic acids is 1. The van der Waals surface area contributed by atoms with Crippen LogP contribution in [-0.4, -0.2) is 23.7 Å². The van der Waals surface area contributed by atoms with Crippen molar-refractivity contribution in [2.75, 3.05) is 6.61 Å². The standard InChI is InChI=1S/C7H12O4.Ti/c1-2-3-4-11-7(10)5-6(8)9;/h2-5H2,1H3,(H,8,9);. The molecule has 12 heavy (non-hydrogen) atoms. The first kappa shape index (κ1) is 14.2. The van der Waals surface area contributed by atoms with Gasteiger partial charge in [0.05, 0.1) is 6.61 Å². The predicted molar refractivity (Wildman–Crippen MR) is 38.1 cm³/mol. The van der Waals surface area contributed by atoms with Gasteiger partial charge in [-0.3, -0.25) is 9.59 Å². The van der Waals surface area contributed by atoms with Crippen molar-refractivity contribution in [1.82, 2.24) is 0 Å². The summed E-state index contributed by atoms with van der Waals surface area (Å²) in [4.78, 5) is 20.5. The van der Waals surface area contributed by atoms with Crippen LogP contribution in [0, 0.1) is 0 Å². The minimum atomic E-state index is -1.15. The molecule has 0 aromatic heterocycles. The fourth-order valence-corrected chi connectivity index (χ4v) is 0.505. The van der Waals surface area contributed by atoms with Gasteiger partial charge in [-0.2, -0.15) is 0 Å². The van der Waals surface area contributed by atoms with E-state index in [2.05, 4.69) is 4.74 Å². The molecule has 0 aliphatic heterocycles. The fraction of sp³-hybridized carbons (Fsp3) is 0.714. The number of hydrogen-bond acceptors (Lipinski definition) is 3. The number of rotatable bonds is 5. The van der Waals surface area contributed by atoms with Crippen molar-refractivity contribution in [2.24, 2.45) is 0 Å². The van der Waals surface area contributed by atoms with Crippen molar-refractivity contribution in [3.63, 3.8) is 0 Å². The van der Waals surface area contributed by atoms with Crippen LogP contribution in [-0.2, 0) is 36.0 Å². The molecule has 0 aliphatic rings. The van der Waals surface area contributed by atoms with Crippen LogP contribution >= 0.6 is 0 Å². The molecule has 0 aromatic carbocycles. The fourth-order valence-electron chi connectivity index (χ4n) is 0.505. The van der Waals surface area contributed by atoms with Gasteiger partial charge in [-0.05, 0) is 6.42 Å². The van der Waals surface area contributed by atoms with Gasteiger partial charge in [-0.1, -0.05) is 13.3 Å². The molecule has 0 saturated carbocycles. The number of carbonyl (C=O) groups excluding carboxylic acids is 1. The number of carboxylic acids is 1. The van der Waals surface area contributed by atoms with Gasteiger partial charge in [0.1, 0.15) is 6.42 Å². The van der Waals surface area contributed by atoms with Gasteiger partial charge in [0, 0.05) is 21.7 Å². The molecular formula is C7H12O4Ti. The monoisotopic (exact) mass is 208 g/mol. The van der Waals surface area contributed by atoms with Crippen molar-refractivity contribution >= 4 is 11.9 Å². The van der Waals surface area contributed by atoms with E-state index >= 15 is 0 Å². The first-order valence-corrected chi connectivity index (χ1v) is 3.54. The average Bonchev–Trinajstić information content (AvgIpc) is 1.86. The second kappa shape index (κ2) is 8.75. The maximum Gasteiger partial charge on any atom is 0.317 e. The van der Waals surface area contributed by atoms with Crippen LogP contribution in [0.1, 0.15) is 26.2 Å². The summed E-state index contributed by atoms with van der Waals surface area (Å²) in [5.41, 5.74) is 0. The van der Waals surface area contributed by atoms with Crippen LogP contribution in [0.4, 0.5) is 0 Å². The molecule has 4 nitrogen and oxygen atoms in total. The maximum atomic E-state index is 10.5. The molecule has 0 aromatic rings. The van der Waals surface area contributed by atoms with Crippen LogP contribution in [0.15, 0.2) is 0 Å². The minimum absolute atomic E-state index is 0. The maximum absolute atomic E-state index is 10.5. The molecule has 0 bridgehead atoms. The number of unbranched alkanes of at least 4 members (excludes halogenated alkanes) is 1. The summed E-state index contributed by atoms with van der Waals surface area (Å²) in [5.74, 6) is -1.81. The van der Waals surface area contributed by atoms with Gasteiger partial charge in [0.25, 0.3) is 0 Å². The van der Waals surface area contributed by atoms with E-state index in [1.165, 1.54) is 0 Å². The Hall–Kier alpha value is -0.346. The van der Waals surface area contributed by atoms with E-state index in [9.17, 15) is 9.59 Å². The Morgan fingerprint density at radius 2 is 2.00 bits per heavy atom. The number of hydrogen-bond donors (Lipinski definition) is 1. The molecule has 0 heterocycles. The van der Waals surface area contributed by atoms with Crippen molar-refractivity contribution in [3.05, 3.63) is 0 Å². The van der Waals surface area contributed by atoms with Crippen LogP contribution in [0.5, 0.6) is 0 Å². The summed E-state index contributed by atoms with van der Waals surface area (Å²) in [6, 6.07) is 0. The second-order valence-corrected chi connectivity index (χ2v) is 2.14. The normalized spacial score (nSPS) is 8.42. The van der Waals surface area contributed by atoms with E-state index in [1.807, 2.05) is 6.92 Å². The Labute approximate surface area is 86.2 Å². The van der Waals surface area contributed by atoms with Crippen molar-refractivity contribution in [1.29, 1.82) is 0 Å². The Morgan fingerprint density at radius 3 is 2.42 bits per heavy atom. The molecule has 0 radical (unpaired) electrons. The smallest absolute Gasteiger partial charge is 0.317 e. The van der Waals surface area contributed by atoms with Crippen LogP contribution < -0.4 is 0 Å². The number of carbonyl (C=O) groups is 2. The molecule has 0 fully saturated rings. The summed E-state index contributed by atoms with van der Waals surface area (Å²) >= 11 is 0. The molecule has 0 amide bonds. The molecular weight excluding hydrogens is 196 g/mol. The van der Waals surface area contributed by atoms with E-state index in [0.29, 0.717) is 6.61 Å². The zero-order valence-corrected chi connectivity index (χ0v) is 8.56.